The molecule has 0 bridgehead atoms. The first-order valence-electron chi connectivity index (χ1n) is 18.8. The van der Waals surface area contributed by atoms with Gasteiger partial charge in [-0.3, -0.25) is 0 Å². The maximum Gasteiger partial charge on any atom is 0.0998 e. The molecule has 0 aliphatic rings. The molecule has 0 amide bonds. The molecule has 0 aliphatic heterocycles. The highest BCUT2D eigenvalue weighted by Crippen LogP contribution is 2.40. The zero-order valence-corrected chi connectivity index (χ0v) is 31.0. The van der Waals surface area contributed by atoms with Crippen LogP contribution in [-0.4, -0.2) is 9.13 Å². The third kappa shape index (κ3) is 5.12. The smallest absolute Gasteiger partial charge is 0.0998 e. The van der Waals surface area contributed by atoms with Crippen LogP contribution in [0.2, 0.25) is 0 Å². The maximum absolute atomic E-state index is 10.5. The molecule has 2 heterocycles. The standard InChI is InChI=1S/C52H34N4/c1-33-11-3-5-13-41(33)35-21-25-45-43-15-7-9-17-49(43)55(51(45)27-35)39-23-19-37(31-53)47(29-39)48-30-40(24-20-38(48)32-54)56-50-18-10-8-16-44(50)46-26-22-36(28-52(46)56)42-14-6-4-12-34(42)2/h3-30H,1-2H3. The number of benzene rings is 8. The van der Waals surface area contributed by atoms with E-state index in [1.807, 2.05) is 24.3 Å². The van der Waals surface area contributed by atoms with Gasteiger partial charge in [-0.25, -0.2) is 0 Å². The summed E-state index contributed by atoms with van der Waals surface area (Å²) in [6.07, 6.45) is 0. The summed E-state index contributed by atoms with van der Waals surface area (Å²) in [7, 11) is 0. The Balaban J connectivity index is 1.20. The third-order valence-corrected chi connectivity index (χ3v) is 11.3. The molecule has 0 fully saturated rings. The van der Waals surface area contributed by atoms with E-state index in [2.05, 4.69) is 181 Å². The van der Waals surface area contributed by atoms with Gasteiger partial charge >= 0.3 is 0 Å². The van der Waals surface area contributed by atoms with Crippen LogP contribution < -0.4 is 0 Å². The highest BCUT2D eigenvalue weighted by molar-refractivity contribution is 6.11. The zero-order valence-electron chi connectivity index (χ0n) is 31.0. The normalized spacial score (nSPS) is 11.4. The fraction of sp³-hybridized carbons (Fsp3) is 0.0385. The van der Waals surface area contributed by atoms with Gasteiger partial charge in [0.2, 0.25) is 0 Å². The van der Waals surface area contributed by atoms with E-state index in [4.69, 9.17) is 0 Å². The predicted octanol–water partition coefficient (Wildman–Crippen LogP) is 13.2. The Kier molecular flexibility index (Phi) is 7.66. The summed E-state index contributed by atoms with van der Waals surface area (Å²) in [5.41, 5.74) is 15.7. The van der Waals surface area contributed by atoms with Crippen molar-refractivity contribution in [1.29, 1.82) is 10.5 Å². The van der Waals surface area contributed by atoms with E-state index >= 15 is 0 Å². The predicted molar refractivity (Wildman–Crippen MR) is 230 cm³/mol. The Hall–Kier alpha value is -7.66. The summed E-state index contributed by atoms with van der Waals surface area (Å²) >= 11 is 0. The lowest BCUT2D eigenvalue weighted by Gasteiger charge is -2.15. The average molecular weight is 715 g/mol. The first-order valence-corrected chi connectivity index (χ1v) is 18.8. The summed E-state index contributed by atoms with van der Waals surface area (Å²) in [4.78, 5) is 0. The number of nitriles is 2. The number of nitrogens with zero attached hydrogens (tertiary/aromatic N) is 4. The van der Waals surface area contributed by atoms with Crippen LogP contribution >= 0.6 is 0 Å². The molecule has 0 N–H and O–H groups in total. The van der Waals surface area contributed by atoms with E-state index in [-0.39, 0.29) is 0 Å². The molecule has 262 valence electrons. The van der Waals surface area contributed by atoms with Crippen LogP contribution in [0.5, 0.6) is 0 Å². The molecule has 0 unspecified atom stereocenters. The van der Waals surface area contributed by atoms with Gasteiger partial charge in [0, 0.05) is 44.0 Å². The number of fused-ring (bicyclic) bond motifs is 6. The molecule has 10 rings (SSSR count). The van der Waals surface area contributed by atoms with E-state index < -0.39 is 0 Å². The third-order valence-electron chi connectivity index (χ3n) is 11.3. The summed E-state index contributed by atoms with van der Waals surface area (Å²) in [5.74, 6) is 0. The van der Waals surface area contributed by atoms with Crippen molar-refractivity contribution >= 4 is 43.6 Å². The van der Waals surface area contributed by atoms with Crippen molar-refractivity contribution in [2.45, 2.75) is 13.8 Å². The second kappa shape index (κ2) is 13.0. The number of rotatable bonds is 5. The van der Waals surface area contributed by atoms with Gasteiger partial charge in [-0.15, -0.1) is 0 Å². The lowest BCUT2D eigenvalue weighted by atomic mass is 9.94. The quantitative estimate of drug-likeness (QED) is 0.178. The molecule has 0 radical (unpaired) electrons. The summed E-state index contributed by atoms with van der Waals surface area (Å²) in [6, 6.07) is 64.1. The number of aromatic nitrogens is 2. The highest BCUT2D eigenvalue weighted by Gasteiger charge is 2.20. The molecule has 8 aromatic carbocycles. The molecule has 0 atom stereocenters. The van der Waals surface area contributed by atoms with Gasteiger partial charge in [-0.2, -0.15) is 10.5 Å². The van der Waals surface area contributed by atoms with E-state index in [0.717, 1.165) is 66.1 Å². The van der Waals surface area contributed by atoms with Crippen molar-refractivity contribution in [3.63, 3.8) is 0 Å². The summed E-state index contributed by atoms with van der Waals surface area (Å²) in [6.45, 7) is 4.29. The Bertz CT molecular complexity index is 3080. The zero-order chi connectivity index (χ0) is 37.9. The van der Waals surface area contributed by atoms with Crippen LogP contribution in [0, 0.1) is 36.5 Å². The minimum absolute atomic E-state index is 0.507. The lowest BCUT2D eigenvalue weighted by molar-refractivity contribution is 1.17. The van der Waals surface area contributed by atoms with Gasteiger partial charge in [0.25, 0.3) is 0 Å². The minimum Gasteiger partial charge on any atom is -0.309 e. The van der Waals surface area contributed by atoms with Crippen molar-refractivity contribution in [1.82, 2.24) is 9.13 Å². The molecule has 56 heavy (non-hydrogen) atoms. The van der Waals surface area contributed by atoms with Gasteiger partial charge in [0.15, 0.2) is 0 Å². The Labute approximate surface area is 325 Å². The number of hydrogen-bond donors (Lipinski definition) is 0. The van der Waals surface area contributed by atoms with E-state index in [1.165, 1.54) is 22.3 Å². The minimum atomic E-state index is 0.507. The molecule has 0 spiro atoms. The van der Waals surface area contributed by atoms with Crippen LogP contribution in [-0.2, 0) is 0 Å². The Morgan fingerprint density at radius 1 is 0.357 bits per heavy atom. The van der Waals surface area contributed by atoms with Crippen molar-refractivity contribution in [2.75, 3.05) is 0 Å². The Morgan fingerprint density at radius 2 is 0.750 bits per heavy atom. The molecule has 10 aromatic rings. The lowest BCUT2D eigenvalue weighted by Crippen LogP contribution is -1.99. The molecule has 0 aliphatic carbocycles. The van der Waals surface area contributed by atoms with Gasteiger partial charge in [-0.05, 0) is 108 Å². The van der Waals surface area contributed by atoms with Crippen LogP contribution in [0.4, 0.5) is 0 Å². The maximum atomic E-state index is 10.5. The fourth-order valence-electron chi connectivity index (χ4n) is 8.61. The monoisotopic (exact) mass is 714 g/mol. The van der Waals surface area contributed by atoms with Crippen LogP contribution in [0.25, 0.3) is 88.4 Å². The molecule has 4 heteroatoms. The fourth-order valence-corrected chi connectivity index (χ4v) is 8.61. The Morgan fingerprint density at radius 3 is 1.18 bits per heavy atom. The van der Waals surface area contributed by atoms with Crippen LogP contribution in [0.15, 0.2) is 170 Å². The second-order valence-electron chi connectivity index (χ2n) is 14.5. The number of hydrogen-bond acceptors (Lipinski definition) is 2. The van der Waals surface area contributed by atoms with Gasteiger partial charge in [0.05, 0.1) is 45.3 Å². The summed E-state index contributed by atoms with van der Waals surface area (Å²) < 4.78 is 4.57. The summed E-state index contributed by atoms with van der Waals surface area (Å²) in [5, 5.41) is 25.7. The van der Waals surface area contributed by atoms with Crippen molar-refractivity contribution in [2.24, 2.45) is 0 Å². The van der Waals surface area contributed by atoms with Crippen LogP contribution in [0.3, 0.4) is 0 Å². The average Bonchev–Trinajstić information content (AvgIpc) is 3.75. The first-order chi connectivity index (χ1) is 27.5. The molecular formula is C52H34N4. The van der Waals surface area contributed by atoms with Gasteiger partial charge < -0.3 is 9.13 Å². The van der Waals surface area contributed by atoms with E-state index in [9.17, 15) is 10.5 Å². The topological polar surface area (TPSA) is 57.4 Å². The van der Waals surface area contributed by atoms with E-state index in [1.54, 1.807) is 0 Å². The van der Waals surface area contributed by atoms with E-state index in [0.29, 0.717) is 22.3 Å². The SMILES string of the molecule is Cc1ccccc1-c1ccc2c3ccccc3n(-c3ccc(C#N)c(-c4cc(-n5c6ccccc6c6ccc(-c7ccccc7C)cc65)ccc4C#N)c3)c2c1. The van der Waals surface area contributed by atoms with Crippen molar-refractivity contribution in [3.05, 3.63) is 192 Å². The van der Waals surface area contributed by atoms with Gasteiger partial charge in [0.1, 0.15) is 0 Å². The van der Waals surface area contributed by atoms with Crippen molar-refractivity contribution in [3.8, 4) is 56.9 Å². The van der Waals surface area contributed by atoms with Crippen LogP contribution in [0.1, 0.15) is 22.3 Å². The second-order valence-corrected chi connectivity index (χ2v) is 14.5. The number of para-hydroxylation sites is 2. The van der Waals surface area contributed by atoms with Gasteiger partial charge in [-0.1, -0.05) is 109 Å². The molecule has 4 nitrogen and oxygen atoms in total. The number of aryl methyl sites for hydroxylation is 2. The highest BCUT2D eigenvalue weighted by atomic mass is 15.0. The molecule has 2 aromatic heterocycles. The van der Waals surface area contributed by atoms with Crippen molar-refractivity contribution < 1.29 is 0 Å². The largest absolute Gasteiger partial charge is 0.309 e. The molecular weight excluding hydrogens is 681 g/mol. The molecule has 0 saturated carbocycles. The first kappa shape index (κ1) is 32.9. The molecule has 0 saturated heterocycles.